The molecule has 7 nitrogen and oxygen atoms in total. The Morgan fingerprint density at radius 2 is 1.74 bits per heavy atom. The van der Waals surface area contributed by atoms with Crippen molar-refractivity contribution in [3.63, 3.8) is 0 Å². The average molecular weight is 469 g/mol. The van der Waals surface area contributed by atoms with Gasteiger partial charge in [0.15, 0.2) is 0 Å². The molecule has 1 fully saturated rings. The van der Waals surface area contributed by atoms with E-state index in [4.69, 9.17) is 14.3 Å². The molecule has 0 amide bonds. The lowest BCUT2D eigenvalue weighted by Crippen LogP contribution is -2.31. The van der Waals surface area contributed by atoms with Crippen LogP contribution in [-0.4, -0.2) is 43.7 Å². The Morgan fingerprint density at radius 3 is 2.38 bits per heavy atom. The molecule has 2 aromatic carbocycles. The van der Waals surface area contributed by atoms with Crippen molar-refractivity contribution in [2.24, 2.45) is 5.16 Å². The lowest BCUT2D eigenvalue weighted by atomic mass is 10.0. The molecule has 4 rings (SSSR count). The number of hydrogen-bond acceptors (Lipinski definition) is 6. The number of aromatic nitrogens is 1. The van der Waals surface area contributed by atoms with E-state index in [1.165, 1.54) is 43.2 Å². The third-order valence-electron chi connectivity index (χ3n) is 5.59. The van der Waals surface area contributed by atoms with Crippen molar-refractivity contribution in [3.8, 4) is 17.2 Å². The van der Waals surface area contributed by atoms with Crippen molar-refractivity contribution in [1.82, 2.24) is 9.88 Å². The summed E-state index contributed by atoms with van der Waals surface area (Å²) >= 11 is 0. The predicted molar refractivity (Wildman–Crippen MR) is 124 cm³/mol. The van der Waals surface area contributed by atoms with Crippen LogP contribution < -0.4 is 20.3 Å². The second-order valence-corrected chi connectivity index (χ2v) is 7.76. The molecule has 1 aliphatic rings. The SMILES string of the molecule is COc1cccc(OC)c1-n1cc(/C(=N/OC2CCNCC2)c2ccc(F)cc2F)ccc1=O. The highest BCUT2D eigenvalue weighted by Gasteiger charge is 2.20. The standard InChI is InChI=1S/C25H25F2N3O4/c1-32-21-4-3-5-22(33-2)25(21)30-15-16(6-9-23(30)31)24(19-8-7-17(26)14-20(19)27)29-34-18-10-12-28-13-11-18/h3-9,14-15,18,28H,10-13H2,1-2H3/b29-24-. The summed E-state index contributed by atoms with van der Waals surface area (Å²) in [5, 5.41) is 7.52. The van der Waals surface area contributed by atoms with Crippen LogP contribution in [0.2, 0.25) is 0 Å². The number of oxime groups is 1. The molecular weight excluding hydrogens is 444 g/mol. The summed E-state index contributed by atoms with van der Waals surface area (Å²) in [7, 11) is 2.97. The molecular formula is C25H25F2N3O4. The summed E-state index contributed by atoms with van der Waals surface area (Å²) in [6, 6.07) is 11.2. The predicted octanol–water partition coefficient (Wildman–Crippen LogP) is 3.65. The molecule has 34 heavy (non-hydrogen) atoms. The number of hydrogen-bond donors (Lipinski definition) is 1. The van der Waals surface area contributed by atoms with E-state index in [-0.39, 0.29) is 22.9 Å². The zero-order chi connectivity index (χ0) is 24.1. The van der Waals surface area contributed by atoms with Crippen molar-refractivity contribution in [2.75, 3.05) is 27.3 Å². The van der Waals surface area contributed by atoms with Gasteiger partial charge in [-0.25, -0.2) is 8.78 Å². The fourth-order valence-corrected chi connectivity index (χ4v) is 3.84. The number of piperidine rings is 1. The van der Waals surface area contributed by atoms with Gasteiger partial charge in [0, 0.05) is 29.5 Å². The van der Waals surface area contributed by atoms with Gasteiger partial charge in [-0.05, 0) is 56.3 Å². The quantitative estimate of drug-likeness (QED) is 0.422. The molecule has 9 heteroatoms. The summed E-state index contributed by atoms with van der Waals surface area (Å²) in [5.41, 5.74) is 0.612. The first-order valence-corrected chi connectivity index (χ1v) is 10.9. The fourth-order valence-electron chi connectivity index (χ4n) is 3.84. The van der Waals surface area contributed by atoms with Crippen LogP contribution in [-0.2, 0) is 4.84 Å². The highest BCUT2D eigenvalue weighted by molar-refractivity contribution is 6.12. The van der Waals surface area contributed by atoms with E-state index in [0.717, 1.165) is 38.1 Å². The maximum absolute atomic E-state index is 14.8. The molecule has 0 saturated carbocycles. The van der Waals surface area contributed by atoms with Gasteiger partial charge in [-0.15, -0.1) is 0 Å². The molecule has 0 radical (unpaired) electrons. The van der Waals surface area contributed by atoms with E-state index in [0.29, 0.717) is 22.7 Å². The summed E-state index contributed by atoms with van der Waals surface area (Å²) in [6.07, 6.45) is 2.87. The Labute approximate surface area is 195 Å². The van der Waals surface area contributed by atoms with E-state index in [9.17, 15) is 13.6 Å². The molecule has 0 unspecified atom stereocenters. The fraction of sp³-hybridized carbons (Fsp3) is 0.280. The first-order chi connectivity index (χ1) is 16.5. The van der Waals surface area contributed by atoms with E-state index in [2.05, 4.69) is 10.5 Å². The van der Waals surface area contributed by atoms with E-state index in [1.54, 1.807) is 18.2 Å². The van der Waals surface area contributed by atoms with Crippen LogP contribution in [0.5, 0.6) is 11.5 Å². The summed E-state index contributed by atoms with van der Waals surface area (Å²) in [6.45, 7) is 1.58. The maximum atomic E-state index is 14.8. The Hall–Kier alpha value is -3.72. The van der Waals surface area contributed by atoms with Gasteiger partial charge in [0.2, 0.25) is 0 Å². The van der Waals surface area contributed by atoms with Gasteiger partial charge in [0.1, 0.15) is 40.6 Å². The summed E-state index contributed by atoms with van der Waals surface area (Å²) < 4.78 is 40.6. The van der Waals surface area contributed by atoms with Crippen molar-refractivity contribution in [3.05, 3.63) is 87.8 Å². The molecule has 1 aromatic heterocycles. The largest absolute Gasteiger partial charge is 0.494 e. The van der Waals surface area contributed by atoms with Gasteiger partial charge in [0.05, 0.1) is 14.2 Å². The smallest absolute Gasteiger partial charge is 0.255 e. The lowest BCUT2D eigenvalue weighted by molar-refractivity contribution is 0.0378. The molecule has 178 valence electrons. The first kappa shape index (κ1) is 23.4. The number of ether oxygens (including phenoxy) is 2. The third-order valence-corrected chi connectivity index (χ3v) is 5.59. The zero-order valence-corrected chi connectivity index (χ0v) is 18.9. The van der Waals surface area contributed by atoms with Gasteiger partial charge in [0.25, 0.3) is 5.56 Å². The van der Waals surface area contributed by atoms with Crippen LogP contribution in [0.1, 0.15) is 24.0 Å². The normalized spacial score (nSPS) is 14.6. The third kappa shape index (κ3) is 4.94. The highest BCUT2D eigenvalue weighted by atomic mass is 19.1. The number of nitrogens with zero attached hydrogens (tertiary/aromatic N) is 2. The second kappa shape index (κ2) is 10.5. The summed E-state index contributed by atoms with van der Waals surface area (Å²) in [5.74, 6) is -0.670. The number of methoxy groups -OCH3 is 2. The molecule has 1 N–H and O–H groups in total. The Morgan fingerprint density at radius 1 is 1.03 bits per heavy atom. The molecule has 2 heterocycles. The molecule has 0 bridgehead atoms. The number of para-hydroxylation sites is 1. The van der Waals surface area contributed by atoms with Gasteiger partial charge in [-0.2, -0.15) is 0 Å². The maximum Gasteiger partial charge on any atom is 0.255 e. The van der Waals surface area contributed by atoms with E-state index in [1.807, 2.05) is 0 Å². The number of pyridine rings is 1. The first-order valence-electron chi connectivity index (χ1n) is 10.9. The van der Waals surface area contributed by atoms with E-state index >= 15 is 0 Å². The number of benzene rings is 2. The van der Waals surface area contributed by atoms with Gasteiger partial charge >= 0.3 is 0 Å². The van der Waals surface area contributed by atoms with Crippen LogP contribution in [0.3, 0.4) is 0 Å². The van der Waals surface area contributed by atoms with E-state index < -0.39 is 11.6 Å². The number of nitrogens with one attached hydrogen (secondary N) is 1. The minimum Gasteiger partial charge on any atom is -0.494 e. The van der Waals surface area contributed by atoms with Gasteiger partial charge < -0.3 is 19.6 Å². The molecule has 0 spiro atoms. The monoisotopic (exact) mass is 469 g/mol. The highest BCUT2D eigenvalue weighted by Crippen LogP contribution is 2.31. The summed E-state index contributed by atoms with van der Waals surface area (Å²) in [4.78, 5) is 18.6. The molecule has 1 aliphatic heterocycles. The van der Waals surface area contributed by atoms with Crippen LogP contribution in [0.4, 0.5) is 8.78 Å². The second-order valence-electron chi connectivity index (χ2n) is 7.76. The minimum atomic E-state index is -0.791. The number of rotatable bonds is 7. The van der Waals surface area contributed by atoms with Gasteiger partial charge in [-0.1, -0.05) is 11.2 Å². The molecule has 0 atom stereocenters. The molecule has 0 aliphatic carbocycles. The topological polar surface area (TPSA) is 74.1 Å². The van der Waals surface area contributed by atoms with Crippen molar-refractivity contribution >= 4 is 5.71 Å². The minimum absolute atomic E-state index is 0.0486. The van der Waals surface area contributed by atoms with Crippen LogP contribution in [0, 0.1) is 11.6 Å². The van der Waals surface area contributed by atoms with Gasteiger partial charge in [-0.3, -0.25) is 9.36 Å². The lowest BCUT2D eigenvalue weighted by Gasteiger charge is -2.21. The molecule has 3 aromatic rings. The van der Waals surface area contributed by atoms with Crippen molar-refractivity contribution in [1.29, 1.82) is 0 Å². The Kier molecular flexibility index (Phi) is 7.22. The molecule has 1 saturated heterocycles. The zero-order valence-electron chi connectivity index (χ0n) is 18.9. The Balaban J connectivity index is 1.85. The van der Waals surface area contributed by atoms with Crippen LogP contribution in [0.25, 0.3) is 5.69 Å². The average Bonchev–Trinajstić information content (AvgIpc) is 2.86. The van der Waals surface area contributed by atoms with Crippen molar-refractivity contribution < 1.29 is 23.1 Å². The Bertz CT molecular complexity index is 1230. The van der Waals surface area contributed by atoms with Crippen molar-refractivity contribution in [2.45, 2.75) is 18.9 Å². The van der Waals surface area contributed by atoms with Crippen LogP contribution in [0.15, 0.2) is 64.7 Å². The van der Waals surface area contributed by atoms with Crippen LogP contribution >= 0.6 is 0 Å². The number of halogens is 2.